The predicted molar refractivity (Wildman–Crippen MR) is 119 cm³/mol. The van der Waals surface area contributed by atoms with Crippen LogP contribution in [0, 0.1) is 6.92 Å². The summed E-state index contributed by atoms with van der Waals surface area (Å²) in [7, 11) is 1.90. The van der Waals surface area contributed by atoms with E-state index in [-0.39, 0.29) is 0 Å². The molecule has 0 radical (unpaired) electrons. The normalized spacial score (nSPS) is 11.9. The molecule has 0 saturated carbocycles. The maximum atomic E-state index is 6.48. The Bertz CT molecular complexity index is 1270. The van der Waals surface area contributed by atoms with Crippen LogP contribution in [0.2, 0.25) is 5.02 Å². The van der Waals surface area contributed by atoms with Crippen LogP contribution in [0.3, 0.4) is 0 Å². The average molecular weight is 423 g/mol. The highest BCUT2D eigenvalue weighted by atomic mass is 35.5. The lowest BCUT2D eigenvalue weighted by Crippen LogP contribution is -2.18. The van der Waals surface area contributed by atoms with E-state index in [1.807, 2.05) is 55.3 Å². The standard InChI is InChI=1S/C21H19ClN6S/c1-14-9-24-19-6-5-17(8-18(19)21(14)22)29-13-28-12-15(4-7-20(28)26-23-2)16-10-25-27(3)11-16/h4-12H,2,13H2,1,3H3/b26-20-. The van der Waals surface area contributed by atoms with Gasteiger partial charge in [-0.3, -0.25) is 9.67 Å². The molecule has 0 saturated heterocycles. The van der Waals surface area contributed by atoms with Crippen molar-refractivity contribution in [1.82, 2.24) is 19.3 Å². The third kappa shape index (κ3) is 4.11. The van der Waals surface area contributed by atoms with Crippen molar-refractivity contribution in [3.8, 4) is 11.1 Å². The van der Waals surface area contributed by atoms with Crippen molar-refractivity contribution in [2.75, 3.05) is 0 Å². The molecule has 0 unspecified atom stereocenters. The monoisotopic (exact) mass is 422 g/mol. The first kappa shape index (κ1) is 19.4. The lowest BCUT2D eigenvalue weighted by Gasteiger charge is -2.10. The van der Waals surface area contributed by atoms with Crippen molar-refractivity contribution in [3.05, 3.63) is 71.2 Å². The van der Waals surface area contributed by atoms with Crippen LogP contribution in [-0.2, 0) is 12.9 Å². The van der Waals surface area contributed by atoms with Crippen molar-refractivity contribution in [1.29, 1.82) is 0 Å². The number of hydrogen-bond acceptors (Lipinski definition) is 5. The van der Waals surface area contributed by atoms with Crippen molar-refractivity contribution in [2.24, 2.45) is 17.3 Å². The quantitative estimate of drug-likeness (QED) is 0.267. The van der Waals surface area contributed by atoms with Gasteiger partial charge in [-0.2, -0.15) is 10.2 Å². The molecule has 0 spiro atoms. The van der Waals surface area contributed by atoms with Crippen LogP contribution in [-0.4, -0.2) is 26.0 Å². The molecule has 3 heterocycles. The number of hydrogen-bond donors (Lipinski definition) is 0. The van der Waals surface area contributed by atoms with E-state index < -0.39 is 0 Å². The summed E-state index contributed by atoms with van der Waals surface area (Å²) in [5, 5.41) is 13.8. The summed E-state index contributed by atoms with van der Waals surface area (Å²) in [6, 6.07) is 10.1. The molecule has 1 aromatic carbocycles. The van der Waals surface area contributed by atoms with E-state index in [0.29, 0.717) is 5.88 Å². The number of nitrogens with zero attached hydrogens (tertiary/aromatic N) is 6. The number of pyridine rings is 2. The zero-order valence-corrected chi connectivity index (χ0v) is 17.7. The van der Waals surface area contributed by atoms with Crippen LogP contribution >= 0.6 is 23.4 Å². The van der Waals surface area contributed by atoms with Crippen LogP contribution in [0.15, 0.2) is 70.2 Å². The van der Waals surface area contributed by atoms with E-state index in [1.54, 1.807) is 22.6 Å². The highest BCUT2D eigenvalue weighted by Gasteiger charge is 2.07. The molecule has 3 aromatic heterocycles. The zero-order chi connectivity index (χ0) is 20.4. The molecule has 8 heteroatoms. The third-order valence-electron chi connectivity index (χ3n) is 4.53. The molecule has 6 nitrogen and oxygen atoms in total. The highest BCUT2D eigenvalue weighted by molar-refractivity contribution is 7.98. The Morgan fingerprint density at radius 1 is 1.14 bits per heavy atom. The Hall–Kier alpha value is -2.90. The smallest absolute Gasteiger partial charge is 0.155 e. The van der Waals surface area contributed by atoms with E-state index >= 15 is 0 Å². The SMILES string of the molecule is C=N/N=c1/ccc(-c2cnn(C)c2)cn1CSc1ccc2ncc(C)c(Cl)c2c1. The molecule has 4 aromatic rings. The Balaban J connectivity index is 1.66. The predicted octanol–water partition coefficient (Wildman–Crippen LogP) is 4.66. The van der Waals surface area contributed by atoms with Gasteiger partial charge in [0.05, 0.1) is 22.6 Å². The van der Waals surface area contributed by atoms with Crippen molar-refractivity contribution >= 4 is 41.0 Å². The fourth-order valence-electron chi connectivity index (χ4n) is 3.02. The molecule has 0 N–H and O–H groups in total. The van der Waals surface area contributed by atoms with Crippen molar-refractivity contribution in [2.45, 2.75) is 17.7 Å². The first-order chi connectivity index (χ1) is 14.0. The van der Waals surface area contributed by atoms with Crippen LogP contribution < -0.4 is 5.49 Å². The van der Waals surface area contributed by atoms with E-state index in [0.717, 1.165) is 43.0 Å². The summed E-state index contributed by atoms with van der Waals surface area (Å²) >= 11 is 8.16. The van der Waals surface area contributed by atoms with E-state index in [9.17, 15) is 0 Å². The molecular formula is C21H19ClN6S. The third-order valence-corrected chi connectivity index (χ3v) is 6.03. The van der Waals surface area contributed by atoms with E-state index in [1.165, 1.54) is 0 Å². The Labute approximate surface area is 177 Å². The fraction of sp³-hybridized carbons (Fsp3) is 0.143. The van der Waals surface area contributed by atoms with Gasteiger partial charge in [0.25, 0.3) is 0 Å². The molecule has 4 rings (SSSR count). The van der Waals surface area contributed by atoms with Gasteiger partial charge >= 0.3 is 0 Å². The number of thioether (sulfide) groups is 1. The number of benzene rings is 1. The Kier molecular flexibility index (Phi) is 5.51. The number of halogens is 1. The molecule has 146 valence electrons. The highest BCUT2D eigenvalue weighted by Crippen LogP contribution is 2.30. The van der Waals surface area contributed by atoms with Gasteiger partial charge in [-0.25, -0.2) is 0 Å². The summed E-state index contributed by atoms with van der Waals surface area (Å²) in [5.41, 5.74) is 4.70. The van der Waals surface area contributed by atoms with Crippen molar-refractivity contribution in [3.63, 3.8) is 0 Å². The second kappa shape index (κ2) is 8.23. The maximum Gasteiger partial charge on any atom is 0.155 e. The van der Waals surface area contributed by atoms with Crippen LogP contribution in [0.1, 0.15) is 5.56 Å². The average Bonchev–Trinajstić information content (AvgIpc) is 3.17. The summed E-state index contributed by atoms with van der Waals surface area (Å²) in [5.74, 6) is 0.658. The summed E-state index contributed by atoms with van der Waals surface area (Å²) < 4.78 is 3.83. The van der Waals surface area contributed by atoms with Crippen LogP contribution in [0.5, 0.6) is 0 Å². The largest absolute Gasteiger partial charge is 0.321 e. The summed E-state index contributed by atoms with van der Waals surface area (Å²) in [6.07, 6.45) is 7.67. The molecule has 0 bridgehead atoms. The Morgan fingerprint density at radius 2 is 2.00 bits per heavy atom. The minimum absolute atomic E-state index is 0.658. The molecule has 0 amide bonds. The van der Waals surface area contributed by atoms with Gasteiger partial charge in [0.15, 0.2) is 5.49 Å². The molecule has 0 aliphatic rings. The minimum atomic E-state index is 0.658. The number of fused-ring (bicyclic) bond motifs is 1. The molecule has 29 heavy (non-hydrogen) atoms. The first-order valence-electron chi connectivity index (χ1n) is 8.92. The van der Waals surface area contributed by atoms with Gasteiger partial charge < -0.3 is 4.57 Å². The molecule has 0 aliphatic heterocycles. The van der Waals surface area contributed by atoms with Gasteiger partial charge in [-0.05, 0) is 42.8 Å². The summed E-state index contributed by atoms with van der Waals surface area (Å²) in [4.78, 5) is 5.55. The maximum absolute atomic E-state index is 6.48. The van der Waals surface area contributed by atoms with Gasteiger partial charge in [-0.15, -0.1) is 16.9 Å². The Morgan fingerprint density at radius 3 is 2.76 bits per heavy atom. The fourth-order valence-corrected chi connectivity index (χ4v) is 4.08. The number of aryl methyl sites for hydroxylation is 2. The number of aromatic nitrogens is 4. The van der Waals surface area contributed by atoms with E-state index in [2.05, 4.69) is 39.1 Å². The first-order valence-corrected chi connectivity index (χ1v) is 10.3. The van der Waals surface area contributed by atoms with Gasteiger partial charge in [-0.1, -0.05) is 11.6 Å². The van der Waals surface area contributed by atoms with Gasteiger partial charge in [0.2, 0.25) is 0 Å². The second-order valence-electron chi connectivity index (χ2n) is 6.60. The molecule has 0 fully saturated rings. The molecule has 0 atom stereocenters. The van der Waals surface area contributed by atoms with Crippen molar-refractivity contribution < 1.29 is 0 Å². The molecular weight excluding hydrogens is 404 g/mol. The lowest BCUT2D eigenvalue weighted by atomic mass is 10.2. The lowest BCUT2D eigenvalue weighted by molar-refractivity contribution is 0.768. The summed E-state index contributed by atoms with van der Waals surface area (Å²) in [6.45, 7) is 5.44. The zero-order valence-electron chi connectivity index (χ0n) is 16.1. The molecule has 0 aliphatic carbocycles. The van der Waals surface area contributed by atoms with Crippen LogP contribution in [0.25, 0.3) is 22.0 Å². The van der Waals surface area contributed by atoms with Crippen LogP contribution in [0.4, 0.5) is 0 Å². The topological polar surface area (TPSA) is 60.4 Å². The minimum Gasteiger partial charge on any atom is -0.321 e. The van der Waals surface area contributed by atoms with Gasteiger partial charge in [0, 0.05) is 53.8 Å². The van der Waals surface area contributed by atoms with E-state index in [4.69, 9.17) is 11.6 Å². The van der Waals surface area contributed by atoms with Gasteiger partial charge in [0.1, 0.15) is 0 Å². The second-order valence-corrected chi connectivity index (χ2v) is 7.99. The number of rotatable bonds is 5.